The number of hydrogen-bond acceptors (Lipinski definition) is 3. The predicted octanol–water partition coefficient (Wildman–Crippen LogP) is 12.3. The van der Waals surface area contributed by atoms with E-state index in [-0.39, 0.29) is 31.5 Å². The van der Waals surface area contributed by atoms with Crippen LogP contribution in [0.25, 0.3) is 66.4 Å². The van der Waals surface area contributed by atoms with Gasteiger partial charge in [-0.25, -0.2) is 4.39 Å². The molecule has 9 aromatic rings. The molecule has 0 spiro atoms. The fraction of sp³-hybridized carbons (Fsp3) is 0.167. The molecule has 9 rings (SSSR count). The first-order valence-corrected chi connectivity index (χ1v) is 21.5. The number of fused-ring (bicyclic) bond motifs is 5. The van der Waals surface area contributed by atoms with E-state index in [2.05, 4.69) is 83.8 Å². The molecule has 3 heterocycles. The molecule has 0 aliphatic rings. The third kappa shape index (κ3) is 7.70. The summed E-state index contributed by atoms with van der Waals surface area (Å²) in [4.78, 5) is 9.63. The summed E-state index contributed by atoms with van der Waals surface area (Å²) < 4.78 is 53.1. The standard InChI is InChI=1S/C30H18FN2O.C18H24NSi.Ir/c31-22-13-14-23-24-11-6-12-25(29(24)34-28(23)17-22)30-32-26-15-20-9-4-5-10-21(20)16-27(26)33(30)18-19-7-2-1-3-8-19;1-13(2)16-11-17(15-9-7-14(3)8-10-15)19-12-18(16)20(4,5)6;/h1-11,13-17H,18H2;7-9,11-13H,1-6H3;/q2*-1;/i;3D3,13D;. The maximum absolute atomic E-state index is 13.9. The molecule has 0 aliphatic carbocycles. The summed E-state index contributed by atoms with van der Waals surface area (Å²) in [6.07, 6.45) is 1.89. The Labute approximate surface area is 342 Å². The molecule has 0 saturated heterocycles. The van der Waals surface area contributed by atoms with Gasteiger partial charge < -0.3 is 14.0 Å². The molecule has 4 nitrogen and oxygen atoms in total. The molecular formula is C48H42FIrN3OSi-2. The number of nitrogens with zero attached hydrogens (tertiary/aromatic N) is 3. The molecule has 277 valence electrons. The second kappa shape index (κ2) is 15.5. The van der Waals surface area contributed by atoms with Crippen LogP contribution in [-0.4, -0.2) is 22.6 Å². The van der Waals surface area contributed by atoms with Crippen LogP contribution in [-0.2, 0) is 26.7 Å². The largest absolute Gasteiger partial charge is 0.500 e. The summed E-state index contributed by atoms with van der Waals surface area (Å²) in [6.45, 7) is 9.04. The fourth-order valence-electron chi connectivity index (χ4n) is 7.01. The van der Waals surface area contributed by atoms with E-state index in [0.717, 1.165) is 60.8 Å². The van der Waals surface area contributed by atoms with E-state index in [1.807, 2.05) is 62.5 Å². The van der Waals surface area contributed by atoms with Gasteiger partial charge in [-0.2, -0.15) is 0 Å². The van der Waals surface area contributed by atoms with Crippen molar-refractivity contribution in [1.29, 1.82) is 0 Å². The maximum atomic E-state index is 13.9. The van der Waals surface area contributed by atoms with Crippen LogP contribution in [0.4, 0.5) is 4.39 Å². The number of halogens is 1. The van der Waals surface area contributed by atoms with Gasteiger partial charge in [-0.1, -0.05) is 118 Å². The van der Waals surface area contributed by atoms with Crippen molar-refractivity contribution in [2.75, 3.05) is 0 Å². The second-order valence-electron chi connectivity index (χ2n) is 14.9. The molecule has 0 bridgehead atoms. The number of rotatable bonds is 6. The Hall–Kier alpha value is -5.20. The smallest absolute Gasteiger partial charge is 0.126 e. The van der Waals surface area contributed by atoms with E-state index in [0.29, 0.717) is 17.7 Å². The third-order valence-electron chi connectivity index (χ3n) is 9.76. The van der Waals surface area contributed by atoms with Crippen molar-refractivity contribution in [3.8, 4) is 22.6 Å². The molecule has 6 aromatic carbocycles. The monoisotopic (exact) mass is 920 g/mol. The molecule has 1 radical (unpaired) electrons. The number of furan rings is 1. The molecule has 0 N–H and O–H groups in total. The van der Waals surface area contributed by atoms with Gasteiger partial charge in [0.2, 0.25) is 0 Å². The van der Waals surface area contributed by atoms with E-state index < -0.39 is 20.8 Å². The van der Waals surface area contributed by atoms with E-state index in [9.17, 15) is 4.39 Å². The first kappa shape index (κ1) is 33.2. The molecule has 3 aromatic heterocycles. The summed E-state index contributed by atoms with van der Waals surface area (Å²) in [5, 5.41) is 5.30. The van der Waals surface area contributed by atoms with Crippen molar-refractivity contribution in [1.82, 2.24) is 14.5 Å². The van der Waals surface area contributed by atoms with Gasteiger partial charge in [0.25, 0.3) is 0 Å². The Morgan fingerprint density at radius 3 is 2.35 bits per heavy atom. The molecule has 0 saturated carbocycles. The van der Waals surface area contributed by atoms with Crippen LogP contribution in [0.15, 0.2) is 132 Å². The minimum atomic E-state index is -2.13. The molecule has 0 amide bonds. The quantitative estimate of drug-likeness (QED) is 0.123. The predicted molar refractivity (Wildman–Crippen MR) is 225 cm³/mol. The van der Waals surface area contributed by atoms with Crippen molar-refractivity contribution in [3.05, 3.63) is 162 Å². The van der Waals surface area contributed by atoms with Gasteiger partial charge >= 0.3 is 0 Å². The average molecular weight is 920 g/mol. The average Bonchev–Trinajstić information content (AvgIpc) is 3.73. The molecule has 0 unspecified atom stereocenters. The Balaban J connectivity index is 0.000000188. The number of imidazole rings is 1. The number of benzene rings is 6. The number of aryl methyl sites for hydroxylation is 1. The van der Waals surface area contributed by atoms with Gasteiger partial charge in [-0.15, -0.1) is 53.6 Å². The van der Waals surface area contributed by atoms with E-state index in [4.69, 9.17) is 14.9 Å². The van der Waals surface area contributed by atoms with Crippen molar-refractivity contribution in [2.45, 2.75) is 52.8 Å². The minimum absolute atomic E-state index is 0. The minimum Gasteiger partial charge on any atom is -0.500 e. The Bertz CT molecular complexity index is 2950. The molecular weight excluding hydrogens is 874 g/mol. The number of aromatic nitrogens is 3. The van der Waals surface area contributed by atoms with Crippen LogP contribution in [0.1, 0.15) is 41.9 Å². The molecule has 55 heavy (non-hydrogen) atoms. The summed E-state index contributed by atoms with van der Waals surface area (Å²) in [6, 6.07) is 44.7. The van der Waals surface area contributed by atoms with Crippen molar-refractivity contribution in [3.63, 3.8) is 0 Å². The van der Waals surface area contributed by atoms with E-state index in [1.165, 1.54) is 28.9 Å². The maximum Gasteiger partial charge on any atom is 0.126 e. The summed E-state index contributed by atoms with van der Waals surface area (Å²) >= 11 is 0. The van der Waals surface area contributed by atoms with E-state index >= 15 is 0 Å². The molecule has 0 fully saturated rings. The van der Waals surface area contributed by atoms with Crippen LogP contribution in [0, 0.1) is 24.8 Å². The van der Waals surface area contributed by atoms with Crippen LogP contribution < -0.4 is 5.19 Å². The van der Waals surface area contributed by atoms with Crippen LogP contribution in [0.2, 0.25) is 19.6 Å². The molecule has 7 heteroatoms. The normalized spacial score (nSPS) is 13.1. The summed E-state index contributed by atoms with van der Waals surface area (Å²) in [5.41, 5.74) is 7.82. The Morgan fingerprint density at radius 1 is 0.873 bits per heavy atom. The molecule has 0 atom stereocenters. The summed E-state index contributed by atoms with van der Waals surface area (Å²) in [7, 11) is -1.61. The number of hydrogen-bond donors (Lipinski definition) is 0. The summed E-state index contributed by atoms with van der Waals surface area (Å²) in [5.74, 6) is -0.259. The van der Waals surface area contributed by atoms with Gasteiger partial charge in [0.1, 0.15) is 11.4 Å². The van der Waals surface area contributed by atoms with Gasteiger partial charge in [0.05, 0.1) is 30.5 Å². The zero-order chi connectivity index (χ0) is 41.0. The fourth-order valence-corrected chi connectivity index (χ4v) is 8.59. The van der Waals surface area contributed by atoms with Crippen molar-refractivity contribution < 1.29 is 34.4 Å². The van der Waals surface area contributed by atoms with Crippen molar-refractivity contribution >= 4 is 57.0 Å². The third-order valence-corrected chi connectivity index (χ3v) is 11.8. The Kier molecular flexibility index (Phi) is 9.35. The zero-order valence-corrected chi connectivity index (χ0v) is 34.7. The van der Waals surface area contributed by atoms with Crippen molar-refractivity contribution in [2.24, 2.45) is 0 Å². The van der Waals surface area contributed by atoms with Crippen LogP contribution >= 0.6 is 0 Å². The Morgan fingerprint density at radius 2 is 1.64 bits per heavy atom. The zero-order valence-electron chi connectivity index (χ0n) is 35.3. The first-order chi connectivity index (χ1) is 27.5. The van der Waals surface area contributed by atoms with Gasteiger partial charge in [-0.3, -0.25) is 4.98 Å². The second-order valence-corrected chi connectivity index (χ2v) is 19.9. The van der Waals surface area contributed by atoms with Crippen LogP contribution in [0.5, 0.6) is 0 Å². The van der Waals surface area contributed by atoms with Gasteiger partial charge in [-0.05, 0) is 57.4 Å². The SMILES string of the molecule is Fc1ccc2c(c1)oc1c(-c3nc4cc5ccccc5cc4n3Cc3ccccc3)[c-]ccc12.[2H]C([2H])([2H])c1c[c-]c(-c2cc(C([2H])(C)C)c([Si](C)(C)C)cn2)cc1.[Ir]. The van der Waals surface area contributed by atoms with Crippen LogP contribution in [0.3, 0.4) is 0 Å². The topological polar surface area (TPSA) is 43.9 Å². The van der Waals surface area contributed by atoms with Gasteiger partial charge in [0.15, 0.2) is 0 Å². The van der Waals surface area contributed by atoms with E-state index in [1.54, 1.807) is 18.2 Å². The van der Waals surface area contributed by atoms with Gasteiger partial charge in [0, 0.05) is 49.8 Å². The molecule has 0 aliphatic heterocycles. The first-order valence-electron chi connectivity index (χ1n) is 20.0. The number of pyridine rings is 1.